The van der Waals surface area contributed by atoms with E-state index in [0.29, 0.717) is 11.4 Å². The minimum absolute atomic E-state index is 0.123. The van der Waals surface area contributed by atoms with E-state index >= 15 is 0 Å². The summed E-state index contributed by atoms with van der Waals surface area (Å²) < 4.78 is 14.0. The largest absolute Gasteiger partial charge is 0.327 e. The smallest absolute Gasteiger partial charge is 0.123 e. The van der Waals surface area contributed by atoms with Crippen LogP contribution < -0.4 is 5.73 Å². The maximum absolute atomic E-state index is 13.1. The molecular weight excluding hydrogens is 353 g/mol. The van der Waals surface area contributed by atoms with Crippen molar-refractivity contribution in [2.24, 2.45) is 5.73 Å². The van der Waals surface area contributed by atoms with Gasteiger partial charge < -0.3 is 5.73 Å². The van der Waals surface area contributed by atoms with E-state index < -0.39 is 0 Å². The first-order valence-corrected chi connectivity index (χ1v) is 7.93. The van der Waals surface area contributed by atoms with Crippen molar-refractivity contribution in [3.63, 3.8) is 0 Å². The zero-order valence-electron chi connectivity index (χ0n) is 12.0. The molecular formula is C17H18BrClFN. The Kier molecular flexibility index (Phi) is 5.07. The van der Waals surface area contributed by atoms with Gasteiger partial charge in [0.15, 0.2) is 0 Å². The summed E-state index contributed by atoms with van der Waals surface area (Å²) in [6.07, 6.45) is 0.663. The highest BCUT2D eigenvalue weighted by molar-refractivity contribution is 9.10. The van der Waals surface area contributed by atoms with Crippen LogP contribution in [-0.4, -0.2) is 6.04 Å². The van der Waals surface area contributed by atoms with Crippen LogP contribution in [0.2, 0.25) is 5.02 Å². The molecule has 0 fully saturated rings. The van der Waals surface area contributed by atoms with Gasteiger partial charge in [0.05, 0.1) is 0 Å². The van der Waals surface area contributed by atoms with Crippen LogP contribution in [-0.2, 0) is 11.8 Å². The molecule has 0 heterocycles. The van der Waals surface area contributed by atoms with E-state index in [1.165, 1.54) is 12.1 Å². The number of hydrogen-bond acceptors (Lipinski definition) is 1. The average Bonchev–Trinajstić information content (AvgIpc) is 2.42. The van der Waals surface area contributed by atoms with E-state index in [9.17, 15) is 4.39 Å². The number of hydrogen-bond donors (Lipinski definition) is 1. The fourth-order valence-corrected chi connectivity index (χ4v) is 3.02. The fraction of sp³-hybridized carbons (Fsp3) is 0.294. The van der Waals surface area contributed by atoms with Crippen LogP contribution in [0.25, 0.3) is 0 Å². The van der Waals surface area contributed by atoms with Gasteiger partial charge >= 0.3 is 0 Å². The van der Waals surface area contributed by atoms with Crippen molar-refractivity contribution < 1.29 is 4.39 Å². The van der Waals surface area contributed by atoms with Crippen LogP contribution in [0, 0.1) is 5.82 Å². The zero-order valence-corrected chi connectivity index (χ0v) is 14.4. The lowest BCUT2D eigenvalue weighted by Crippen LogP contribution is -2.42. The summed E-state index contributed by atoms with van der Waals surface area (Å²) in [4.78, 5) is 0. The third-order valence-corrected chi connectivity index (χ3v) is 4.82. The van der Waals surface area contributed by atoms with Crippen LogP contribution in [0.15, 0.2) is 46.9 Å². The lowest BCUT2D eigenvalue weighted by atomic mass is 9.76. The summed E-state index contributed by atoms with van der Waals surface area (Å²) in [5.74, 6) is -0.237. The Labute approximate surface area is 138 Å². The van der Waals surface area contributed by atoms with E-state index in [1.54, 1.807) is 12.1 Å². The van der Waals surface area contributed by atoms with Gasteiger partial charge in [-0.05, 0) is 41.8 Å². The first-order chi connectivity index (χ1) is 9.80. The van der Waals surface area contributed by atoms with Gasteiger partial charge in [-0.15, -0.1) is 0 Å². The molecule has 2 aromatic rings. The molecule has 0 aliphatic carbocycles. The average molecular weight is 371 g/mol. The Balaban J connectivity index is 2.21. The normalized spacial score (nSPS) is 13.2. The molecule has 1 atom stereocenters. The first-order valence-electron chi connectivity index (χ1n) is 6.76. The molecule has 2 N–H and O–H groups in total. The second-order valence-electron chi connectivity index (χ2n) is 5.77. The van der Waals surface area contributed by atoms with E-state index in [0.717, 1.165) is 15.6 Å². The summed E-state index contributed by atoms with van der Waals surface area (Å²) in [5.41, 5.74) is 8.16. The molecule has 0 aromatic heterocycles. The highest BCUT2D eigenvalue weighted by Gasteiger charge is 2.29. The predicted octanol–water partition coefficient (Wildman–Crippen LogP) is 5.09. The first kappa shape index (κ1) is 16.5. The molecule has 0 spiro atoms. The van der Waals surface area contributed by atoms with Crippen molar-refractivity contribution in [1.29, 1.82) is 0 Å². The van der Waals surface area contributed by atoms with Crippen molar-refractivity contribution >= 4 is 27.5 Å². The Bertz CT molecular complexity index is 625. The topological polar surface area (TPSA) is 26.0 Å². The standard InChI is InChI=1S/C17H18BrClFN/c1-17(2,12-4-7-14(20)8-5-12)16(21)9-11-3-6-13(18)10-15(11)19/h3-8,10,16H,9,21H2,1-2H3. The second kappa shape index (κ2) is 6.47. The summed E-state index contributed by atoms with van der Waals surface area (Å²) in [6, 6.07) is 12.2. The predicted molar refractivity (Wildman–Crippen MR) is 90.3 cm³/mol. The van der Waals surface area contributed by atoms with Gasteiger partial charge in [-0.25, -0.2) is 4.39 Å². The molecule has 0 saturated carbocycles. The van der Waals surface area contributed by atoms with E-state index in [1.807, 2.05) is 18.2 Å². The number of halogens is 3. The van der Waals surface area contributed by atoms with Gasteiger partial charge in [0, 0.05) is 21.0 Å². The highest BCUT2D eigenvalue weighted by atomic mass is 79.9. The molecule has 2 aromatic carbocycles. The fourth-order valence-electron chi connectivity index (χ4n) is 2.27. The highest BCUT2D eigenvalue weighted by Crippen LogP contribution is 2.30. The van der Waals surface area contributed by atoms with Crippen LogP contribution in [0.5, 0.6) is 0 Å². The lowest BCUT2D eigenvalue weighted by Gasteiger charge is -2.32. The summed E-state index contributed by atoms with van der Waals surface area (Å²) in [7, 11) is 0. The van der Waals surface area contributed by atoms with E-state index in [-0.39, 0.29) is 17.3 Å². The third-order valence-electron chi connectivity index (χ3n) is 3.97. The molecule has 0 amide bonds. The molecule has 0 radical (unpaired) electrons. The van der Waals surface area contributed by atoms with Gasteiger partial charge in [-0.2, -0.15) is 0 Å². The van der Waals surface area contributed by atoms with Crippen molar-refractivity contribution in [1.82, 2.24) is 0 Å². The molecule has 1 nitrogen and oxygen atoms in total. The Morgan fingerprint density at radius 1 is 1.19 bits per heavy atom. The molecule has 0 bridgehead atoms. The molecule has 112 valence electrons. The van der Waals surface area contributed by atoms with Crippen LogP contribution in [0.1, 0.15) is 25.0 Å². The maximum atomic E-state index is 13.1. The van der Waals surface area contributed by atoms with Gasteiger partial charge in [-0.1, -0.05) is 59.6 Å². The molecule has 2 rings (SSSR count). The quantitative estimate of drug-likeness (QED) is 0.797. The van der Waals surface area contributed by atoms with Crippen LogP contribution in [0.3, 0.4) is 0 Å². The zero-order chi connectivity index (χ0) is 15.6. The summed E-state index contributed by atoms with van der Waals surface area (Å²) in [6.45, 7) is 4.13. The second-order valence-corrected chi connectivity index (χ2v) is 7.10. The molecule has 0 saturated heterocycles. The minimum Gasteiger partial charge on any atom is -0.327 e. The molecule has 0 aliphatic rings. The number of rotatable bonds is 4. The van der Waals surface area contributed by atoms with Gasteiger partial charge in [0.25, 0.3) is 0 Å². The lowest BCUT2D eigenvalue weighted by molar-refractivity contribution is 0.406. The summed E-state index contributed by atoms with van der Waals surface area (Å²) in [5, 5.41) is 0.703. The minimum atomic E-state index is -0.274. The van der Waals surface area contributed by atoms with Crippen molar-refractivity contribution in [2.45, 2.75) is 31.7 Å². The van der Waals surface area contributed by atoms with Crippen LogP contribution >= 0.6 is 27.5 Å². The Morgan fingerprint density at radius 2 is 1.81 bits per heavy atom. The molecule has 1 unspecified atom stereocenters. The molecule has 21 heavy (non-hydrogen) atoms. The number of benzene rings is 2. The summed E-state index contributed by atoms with van der Waals surface area (Å²) >= 11 is 9.65. The van der Waals surface area contributed by atoms with Gasteiger partial charge in [0.2, 0.25) is 0 Å². The van der Waals surface area contributed by atoms with Gasteiger partial charge in [-0.3, -0.25) is 0 Å². The maximum Gasteiger partial charge on any atom is 0.123 e. The molecule has 4 heteroatoms. The molecule has 0 aliphatic heterocycles. The van der Waals surface area contributed by atoms with Gasteiger partial charge in [0.1, 0.15) is 5.82 Å². The third kappa shape index (κ3) is 3.85. The Hall–Kier alpha value is -0.900. The van der Waals surface area contributed by atoms with Crippen molar-refractivity contribution in [3.8, 4) is 0 Å². The SMILES string of the molecule is CC(C)(c1ccc(F)cc1)C(N)Cc1ccc(Br)cc1Cl. The number of nitrogens with two attached hydrogens (primary N) is 1. The van der Waals surface area contributed by atoms with E-state index in [4.69, 9.17) is 17.3 Å². The van der Waals surface area contributed by atoms with Crippen molar-refractivity contribution in [2.75, 3.05) is 0 Å². The van der Waals surface area contributed by atoms with Crippen molar-refractivity contribution in [3.05, 3.63) is 68.9 Å². The Morgan fingerprint density at radius 3 is 2.38 bits per heavy atom. The monoisotopic (exact) mass is 369 g/mol. The van der Waals surface area contributed by atoms with E-state index in [2.05, 4.69) is 29.8 Å². The van der Waals surface area contributed by atoms with Crippen LogP contribution in [0.4, 0.5) is 4.39 Å².